The zero-order valence-corrected chi connectivity index (χ0v) is 16.1. The molecule has 4 rings (SSSR count). The number of nitrogens with zero attached hydrogens (tertiary/aromatic N) is 1. The molecule has 0 radical (unpaired) electrons. The molecule has 6 nitrogen and oxygen atoms in total. The van der Waals surface area contributed by atoms with E-state index in [9.17, 15) is 14.4 Å². The Balaban J connectivity index is 1.74. The number of carbonyl (C=O) groups excluding carboxylic acids is 2. The Morgan fingerprint density at radius 1 is 1.29 bits per heavy atom. The van der Waals surface area contributed by atoms with Crippen LogP contribution < -0.4 is 16.2 Å². The second-order valence-electron chi connectivity index (χ2n) is 7.70. The van der Waals surface area contributed by atoms with E-state index in [2.05, 4.69) is 10.6 Å². The normalized spacial score (nSPS) is 15.5. The van der Waals surface area contributed by atoms with Gasteiger partial charge in [-0.15, -0.1) is 0 Å². The zero-order chi connectivity index (χ0) is 19.7. The second kappa shape index (κ2) is 7.62. The Morgan fingerprint density at radius 3 is 2.86 bits per heavy atom. The summed E-state index contributed by atoms with van der Waals surface area (Å²) in [6, 6.07) is 7.48. The second-order valence-corrected chi connectivity index (χ2v) is 7.70. The summed E-state index contributed by atoms with van der Waals surface area (Å²) in [7, 11) is 1.49. The van der Waals surface area contributed by atoms with Crippen LogP contribution in [0.15, 0.2) is 35.3 Å². The van der Waals surface area contributed by atoms with Crippen molar-refractivity contribution in [3.63, 3.8) is 0 Å². The molecule has 0 unspecified atom stereocenters. The molecule has 1 aliphatic carbocycles. The molecule has 1 amide bonds. The Kier molecular flexibility index (Phi) is 5.03. The van der Waals surface area contributed by atoms with Crippen molar-refractivity contribution in [2.24, 2.45) is 5.92 Å². The van der Waals surface area contributed by atoms with Gasteiger partial charge in [-0.1, -0.05) is 12.1 Å². The number of hydrogen-bond acceptors (Lipinski definition) is 4. The molecule has 1 aromatic carbocycles. The average Bonchev–Trinajstić information content (AvgIpc) is 3.53. The van der Waals surface area contributed by atoms with E-state index in [0.29, 0.717) is 24.4 Å². The standard InChI is InChI=1S/C22H25N3O3/c1-23-21(27)18-11-16(20(26)10-14-7-8-14)13-25(22(18)28)12-15-4-2-6-19-17(15)5-3-9-24-19/h2,4,6,11,13-14,24H,3,5,7-10,12H2,1H3,(H,23,27). The lowest BCUT2D eigenvalue weighted by Crippen LogP contribution is -2.32. The highest BCUT2D eigenvalue weighted by molar-refractivity contribution is 6.00. The first-order valence-corrected chi connectivity index (χ1v) is 9.91. The quantitative estimate of drug-likeness (QED) is 0.756. The minimum Gasteiger partial charge on any atom is -0.385 e. The molecular formula is C22H25N3O3. The van der Waals surface area contributed by atoms with E-state index in [1.807, 2.05) is 18.2 Å². The van der Waals surface area contributed by atoms with E-state index >= 15 is 0 Å². The molecule has 1 saturated carbocycles. The summed E-state index contributed by atoms with van der Waals surface area (Å²) in [6.07, 6.45) is 6.26. The third kappa shape index (κ3) is 3.72. The summed E-state index contributed by atoms with van der Waals surface area (Å²) in [6.45, 7) is 1.29. The lowest BCUT2D eigenvalue weighted by atomic mass is 9.97. The molecular weight excluding hydrogens is 354 g/mol. The molecule has 1 aromatic heterocycles. The lowest BCUT2D eigenvalue weighted by Gasteiger charge is -2.21. The summed E-state index contributed by atoms with van der Waals surface area (Å²) in [4.78, 5) is 37.8. The first-order chi connectivity index (χ1) is 13.6. The maximum Gasteiger partial charge on any atom is 0.263 e. The Labute approximate surface area is 164 Å². The maximum atomic E-state index is 12.9. The lowest BCUT2D eigenvalue weighted by molar-refractivity contribution is 0.0961. The smallest absolute Gasteiger partial charge is 0.263 e. The van der Waals surface area contributed by atoms with Crippen LogP contribution >= 0.6 is 0 Å². The van der Waals surface area contributed by atoms with E-state index < -0.39 is 5.91 Å². The first-order valence-electron chi connectivity index (χ1n) is 9.91. The Bertz CT molecular complexity index is 989. The van der Waals surface area contributed by atoms with Crippen molar-refractivity contribution in [3.8, 4) is 0 Å². The number of anilines is 1. The van der Waals surface area contributed by atoms with Crippen LogP contribution in [0.5, 0.6) is 0 Å². The fourth-order valence-corrected chi connectivity index (χ4v) is 3.82. The van der Waals surface area contributed by atoms with Gasteiger partial charge in [-0.05, 0) is 54.9 Å². The van der Waals surface area contributed by atoms with Crippen molar-refractivity contribution in [2.75, 3.05) is 18.9 Å². The summed E-state index contributed by atoms with van der Waals surface area (Å²) < 4.78 is 1.51. The highest BCUT2D eigenvalue weighted by Crippen LogP contribution is 2.33. The van der Waals surface area contributed by atoms with Crippen molar-refractivity contribution in [1.82, 2.24) is 9.88 Å². The van der Waals surface area contributed by atoms with Crippen LogP contribution in [0.4, 0.5) is 5.69 Å². The van der Waals surface area contributed by atoms with Crippen LogP contribution in [0.25, 0.3) is 0 Å². The molecule has 1 aliphatic heterocycles. The highest BCUT2D eigenvalue weighted by Gasteiger charge is 2.26. The van der Waals surface area contributed by atoms with Crippen LogP contribution in [0.3, 0.4) is 0 Å². The summed E-state index contributed by atoms with van der Waals surface area (Å²) >= 11 is 0. The molecule has 28 heavy (non-hydrogen) atoms. The van der Waals surface area contributed by atoms with Gasteiger partial charge in [0.25, 0.3) is 11.5 Å². The number of amides is 1. The zero-order valence-electron chi connectivity index (χ0n) is 16.1. The van der Waals surface area contributed by atoms with E-state index in [4.69, 9.17) is 0 Å². The van der Waals surface area contributed by atoms with Gasteiger partial charge in [0.15, 0.2) is 5.78 Å². The number of nitrogens with one attached hydrogen (secondary N) is 2. The van der Waals surface area contributed by atoms with Crippen molar-refractivity contribution < 1.29 is 9.59 Å². The van der Waals surface area contributed by atoms with Crippen molar-refractivity contribution in [1.29, 1.82) is 0 Å². The summed E-state index contributed by atoms with van der Waals surface area (Å²) in [5.41, 5.74) is 3.44. The van der Waals surface area contributed by atoms with Crippen LogP contribution in [-0.2, 0) is 13.0 Å². The number of hydrogen-bond donors (Lipinski definition) is 2. The van der Waals surface area contributed by atoms with E-state index in [-0.39, 0.29) is 16.9 Å². The van der Waals surface area contributed by atoms with Gasteiger partial charge < -0.3 is 15.2 Å². The van der Waals surface area contributed by atoms with E-state index in [0.717, 1.165) is 43.5 Å². The fourth-order valence-electron chi connectivity index (χ4n) is 3.82. The van der Waals surface area contributed by atoms with Crippen LogP contribution in [0, 0.1) is 5.92 Å². The SMILES string of the molecule is CNC(=O)c1cc(C(=O)CC2CC2)cn(Cc2cccc3c2CCCN3)c1=O. The van der Waals surface area contributed by atoms with Gasteiger partial charge in [-0.2, -0.15) is 0 Å². The van der Waals surface area contributed by atoms with Crippen molar-refractivity contribution in [2.45, 2.75) is 38.6 Å². The topological polar surface area (TPSA) is 80.2 Å². The molecule has 0 bridgehead atoms. The highest BCUT2D eigenvalue weighted by atomic mass is 16.2. The molecule has 2 aliphatic rings. The maximum absolute atomic E-state index is 12.9. The Morgan fingerprint density at radius 2 is 2.11 bits per heavy atom. The molecule has 146 valence electrons. The first kappa shape index (κ1) is 18.5. The van der Waals surface area contributed by atoms with Gasteiger partial charge in [-0.3, -0.25) is 14.4 Å². The van der Waals surface area contributed by atoms with Gasteiger partial charge in [0.2, 0.25) is 0 Å². The van der Waals surface area contributed by atoms with Gasteiger partial charge in [0, 0.05) is 37.5 Å². The van der Waals surface area contributed by atoms with Gasteiger partial charge in [0.05, 0.1) is 6.54 Å². The molecule has 0 saturated heterocycles. The fraction of sp³-hybridized carbons (Fsp3) is 0.409. The molecule has 6 heteroatoms. The minimum absolute atomic E-state index is 0.00170. The molecule has 2 heterocycles. The van der Waals surface area contributed by atoms with Crippen molar-refractivity contribution >= 4 is 17.4 Å². The Hall–Kier alpha value is -2.89. The number of ketones is 1. The number of carbonyl (C=O) groups is 2. The van der Waals surface area contributed by atoms with Crippen molar-refractivity contribution in [3.05, 3.63) is 63.1 Å². The molecule has 2 N–H and O–H groups in total. The number of rotatable bonds is 6. The number of pyridine rings is 1. The average molecular weight is 379 g/mol. The predicted molar refractivity (Wildman–Crippen MR) is 108 cm³/mol. The number of Topliss-reactive ketones (excluding diaryl/α,β-unsaturated/α-hetero) is 1. The predicted octanol–water partition coefficient (Wildman–Crippen LogP) is 2.60. The number of benzene rings is 1. The molecule has 0 atom stereocenters. The minimum atomic E-state index is -0.462. The van der Waals surface area contributed by atoms with Gasteiger partial charge in [0.1, 0.15) is 5.56 Å². The summed E-state index contributed by atoms with van der Waals surface area (Å²) in [5, 5.41) is 5.90. The van der Waals surface area contributed by atoms with Crippen LogP contribution in [0.2, 0.25) is 0 Å². The van der Waals surface area contributed by atoms with Gasteiger partial charge in [-0.25, -0.2) is 0 Å². The molecule has 1 fully saturated rings. The largest absolute Gasteiger partial charge is 0.385 e. The molecule has 2 aromatic rings. The summed E-state index contributed by atoms with van der Waals surface area (Å²) in [5.74, 6) is -0.0155. The van der Waals surface area contributed by atoms with Gasteiger partial charge >= 0.3 is 0 Å². The van der Waals surface area contributed by atoms with Crippen LogP contribution in [0.1, 0.15) is 57.5 Å². The monoisotopic (exact) mass is 379 g/mol. The third-order valence-corrected chi connectivity index (χ3v) is 5.58. The number of fused-ring (bicyclic) bond motifs is 1. The van der Waals surface area contributed by atoms with E-state index in [1.165, 1.54) is 23.2 Å². The number of aromatic nitrogens is 1. The van der Waals surface area contributed by atoms with Crippen LogP contribution in [-0.4, -0.2) is 29.8 Å². The van der Waals surface area contributed by atoms with E-state index in [1.54, 1.807) is 6.20 Å². The molecule has 0 spiro atoms. The third-order valence-electron chi connectivity index (χ3n) is 5.58.